The van der Waals surface area contributed by atoms with Gasteiger partial charge in [0.05, 0.1) is 5.25 Å². The predicted octanol–water partition coefficient (Wildman–Crippen LogP) is 0.449. The van der Waals surface area contributed by atoms with Crippen molar-refractivity contribution in [2.24, 2.45) is 0 Å². The maximum Gasteiger partial charge on any atom is 0.158 e. The van der Waals surface area contributed by atoms with E-state index >= 15 is 0 Å². The number of aldehydes is 1. The Morgan fingerprint density at radius 3 is 2.06 bits per heavy atom. The number of ketones is 1. The van der Waals surface area contributed by atoms with Gasteiger partial charge < -0.3 is 19.4 Å². The van der Waals surface area contributed by atoms with E-state index in [0.717, 1.165) is 0 Å². The number of carbonyl (C=O) groups is 2. The molecule has 0 aromatic rings. The minimum Gasteiger partial charge on any atom is -0.385 e. The van der Waals surface area contributed by atoms with Gasteiger partial charge in [0.2, 0.25) is 0 Å². The molecule has 0 aliphatic rings. The highest BCUT2D eigenvalue weighted by Gasteiger charge is 2.13. The van der Waals surface area contributed by atoms with Crippen LogP contribution in [0.25, 0.3) is 0 Å². The molecule has 0 amide bonds. The van der Waals surface area contributed by atoms with Crippen LogP contribution >= 0.6 is 12.6 Å². The number of thiol groups is 1. The fraction of sp³-hybridized carbons (Fsp3) is 0.800. The molecular formula is C10H20O5S. The molecule has 6 heteroatoms. The normalized spacial score (nSPS) is 13.7. The number of methoxy groups -OCH3 is 2. The van der Waals surface area contributed by atoms with Crippen molar-refractivity contribution >= 4 is 24.7 Å². The summed E-state index contributed by atoms with van der Waals surface area (Å²) in [5.41, 5.74) is 0. The number of rotatable bonds is 6. The van der Waals surface area contributed by atoms with Gasteiger partial charge >= 0.3 is 0 Å². The van der Waals surface area contributed by atoms with Gasteiger partial charge in [-0.3, -0.25) is 4.79 Å². The van der Waals surface area contributed by atoms with Gasteiger partial charge in [0.1, 0.15) is 12.4 Å². The van der Waals surface area contributed by atoms with Crippen LogP contribution in [0, 0.1) is 0 Å². The summed E-state index contributed by atoms with van der Waals surface area (Å²) in [5, 5.41) is 8.33. The van der Waals surface area contributed by atoms with Gasteiger partial charge in [-0.15, -0.1) is 0 Å². The van der Waals surface area contributed by atoms with Crippen LogP contribution in [0.1, 0.15) is 20.3 Å². The lowest BCUT2D eigenvalue weighted by molar-refractivity contribution is -0.125. The number of hydrogen-bond acceptors (Lipinski definition) is 6. The van der Waals surface area contributed by atoms with Crippen molar-refractivity contribution in [3.8, 4) is 0 Å². The molecule has 0 aromatic carbocycles. The first-order valence-corrected chi connectivity index (χ1v) is 5.28. The molecule has 0 aliphatic carbocycles. The zero-order valence-electron chi connectivity index (χ0n) is 10.0. The first kappa shape index (κ1) is 17.9. The van der Waals surface area contributed by atoms with Gasteiger partial charge in [-0.2, -0.15) is 12.6 Å². The lowest BCUT2D eigenvalue weighted by atomic mass is 10.1. The molecule has 2 unspecified atom stereocenters. The average Bonchev–Trinajstić information content (AvgIpc) is 2.28. The van der Waals surface area contributed by atoms with Crippen molar-refractivity contribution in [3.63, 3.8) is 0 Å². The van der Waals surface area contributed by atoms with Crippen LogP contribution in [0.2, 0.25) is 0 Å². The highest BCUT2D eigenvalue weighted by molar-refractivity contribution is 7.81. The molecule has 0 saturated heterocycles. The monoisotopic (exact) mass is 252 g/mol. The summed E-state index contributed by atoms with van der Waals surface area (Å²) in [4.78, 5) is 20.4. The molecule has 0 saturated carbocycles. The van der Waals surface area contributed by atoms with E-state index in [1.807, 2.05) is 6.92 Å². The Kier molecular flexibility index (Phi) is 12.4. The maximum atomic E-state index is 10.4. The van der Waals surface area contributed by atoms with Gasteiger partial charge in [-0.1, -0.05) is 0 Å². The molecule has 0 bridgehead atoms. The van der Waals surface area contributed by atoms with Crippen LogP contribution in [0.3, 0.4) is 0 Å². The van der Waals surface area contributed by atoms with E-state index < -0.39 is 11.4 Å². The SMILES string of the molecule is CC(=O)C(O)CC(S)C=O.COC(C)OC. The maximum absolute atomic E-state index is 10.4. The van der Waals surface area contributed by atoms with E-state index in [2.05, 4.69) is 22.1 Å². The summed E-state index contributed by atoms with van der Waals surface area (Å²) in [7, 11) is 3.21. The second-order valence-corrected chi connectivity index (χ2v) is 3.77. The number of aliphatic hydroxyl groups is 1. The molecular weight excluding hydrogens is 232 g/mol. The van der Waals surface area contributed by atoms with Crippen LogP contribution in [0.15, 0.2) is 0 Å². The van der Waals surface area contributed by atoms with Crippen molar-refractivity contribution in [2.75, 3.05) is 14.2 Å². The van der Waals surface area contributed by atoms with Crippen LogP contribution < -0.4 is 0 Å². The van der Waals surface area contributed by atoms with E-state index in [9.17, 15) is 9.59 Å². The Labute approximate surface area is 102 Å². The topological polar surface area (TPSA) is 72.8 Å². The molecule has 5 nitrogen and oxygen atoms in total. The molecule has 0 rings (SSSR count). The highest BCUT2D eigenvalue weighted by Crippen LogP contribution is 2.02. The van der Waals surface area contributed by atoms with Crippen molar-refractivity contribution in [1.29, 1.82) is 0 Å². The molecule has 0 aromatic heterocycles. The van der Waals surface area contributed by atoms with Crippen molar-refractivity contribution < 1.29 is 24.2 Å². The van der Waals surface area contributed by atoms with E-state index in [1.54, 1.807) is 14.2 Å². The van der Waals surface area contributed by atoms with Crippen LogP contribution in [-0.4, -0.2) is 49.0 Å². The fourth-order valence-electron chi connectivity index (χ4n) is 0.546. The molecule has 0 radical (unpaired) electrons. The van der Waals surface area contributed by atoms with E-state index in [4.69, 9.17) is 5.11 Å². The standard InChI is InChI=1S/C6H10O3S.C4H10O2/c1-4(8)6(9)2-5(10)3-7;1-4(5-2)6-3/h3,5-6,9-10H,2H2,1H3;4H,1-3H3. The number of carbonyl (C=O) groups excluding carboxylic acids is 2. The van der Waals surface area contributed by atoms with E-state index in [0.29, 0.717) is 6.29 Å². The van der Waals surface area contributed by atoms with Crippen LogP contribution in [0.5, 0.6) is 0 Å². The number of aliphatic hydroxyl groups excluding tert-OH is 1. The Balaban J connectivity index is 0. The Bertz CT molecular complexity index is 194. The number of hydrogen-bond donors (Lipinski definition) is 2. The Morgan fingerprint density at radius 2 is 1.88 bits per heavy atom. The van der Waals surface area contributed by atoms with Gasteiger partial charge in [0, 0.05) is 14.2 Å². The smallest absolute Gasteiger partial charge is 0.158 e. The highest BCUT2D eigenvalue weighted by atomic mass is 32.1. The second kappa shape index (κ2) is 11.1. The molecule has 1 N–H and O–H groups in total. The molecule has 0 spiro atoms. The molecule has 0 heterocycles. The molecule has 2 atom stereocenters. The van der Waals surface area contributed by atoms with Crippen molar-refractivity contribution in [3.05, 3.63) is 0 Å². The average molecular weight is 252 g/mol. The summed E-state index contributed by atoms with van der Waals surface area (Å²) in [6, 6.07) is 0. The fourth-order valence-corrected chi connectivity index (χ4v) is 0.746. The quantitative estimate of drug-likeness (QED) is 0.408. The van der Waals surface area contributed by atoms with Crippen LogP contribution in [0.4, 0.5) is 0 Å². The molecule has 16 heavy (non-hydrogen) atoms. The Hall–Kier alpha value is -0.430. The van der Waals surface area contributed by atoms with Gasteiger partial charge in [0.15, 0.2) is 12.1 Å². The second-order valence-electron chi connectivity index (χ2n) is 3.10. The van der Waals surface area contributed by atoms with Crippen molar-refractivity contribution in [1.82, 2.24) is 0 Å². The first-order chi connectivity index (χ1) is 7.38. The lowest BCUT2D eigenvalue weighted by Gasteiger charge is -2.06. The third-order valence-electron chi connectivity index (χ3n) is 1.75. The number of Topliss-reactive ketones (excluding diaryl/α,β-unsaturated/α-hetero) is 1. The minimum absolute atomic E-state index is 0.0648. The first-order valence-electron chi connectivity index (χ1n) is 4.76. The van der Waals surface area contributed by atoms with Gasteiger partial charge in [-0.05, 0) is 20.3 Å². The third kappa shape index (κ3) is 11.6. The summed E-state index contributed by atoms with van der Waals surface area (Å²) in [5.74, 6) is -0.332. The molecule has 0 aliphatic heterocycles. The summed E-state index contributed by atoms with van der Waals surface area (Å²) >= 11 is 3.78. The zero-order valence-corrected chi connectivity index (χ0v) is 10.9. The third-order valence-corrected chi connectivity index (χ3v) is 2.09. The largest absolute Gasteiger partial charge is 0.385 e. The van der Waals surface area contributed by atoms with Gasteiger partial charge in [-0.25, -0.2) is 0 Å². The number of ether oxygens (including phenoxy) is 2. The zero-order chi connectivity index (χ0) is 13.1. The lowest BCUT2D eigenvalue weighted by Crippen LogP contribution is -2.21. The Morgan fingerprint density at radius 1 is 1.44 bits per heavy atom. The summed E-state index contributed by atoms with van der Waals surface area (Å²) in [6.07, 6.45) is -0.422. The summed E-state index contributed by atoms with van der Waals surface area (Å²) < 4.78 is 9.35. The van der Waals surface area contributed by atoms with Gasteiger partial charge in [0.25, 0.3) is 0 Å². The summed E-state index contributed by atoms with van der Waals surface area (Å²) in [6.45, 7) is 3.11. The van der Waals surface area contributed by atoms with E-state index in [-0.39, 0.29) is 18.5 Å². The van der Waals surface area contributed by atoms with Crippen molar-refractivity contribution in [2.45, 2.75) is 37.9 Å². The minimum atomic E-state index is -1.05. The predicted molar refractivity (Wildman–Crippen MR) is 63.6 cm³/mol. The van der Waals surface area contributed by atoms with E-state index in [1.165, 1.54) is 6.92 Å². The van der Waals surface area contributed by atoms with Crippen LogP contribution in [-0.2, 0) is 19.1 Å². The molecule has 0 fully saturated rings. The molecule has 96 valence electrons.